The van der Waals surface area contributed by atoms with E-state index in [1.165, 1.54) is 18.3 Å². The van der Waals surface area contributed by atoms with Gasteiger partial charge in [-0.2, -0.15) is 0 Å². The van der Waals surface area contributed by atoms with E-state index in [1.807, 2.05) is 6.07 Å². The number of para-hydroxylation sites is 1. The Kier molecular flexibility index (Phi) is 3.87. The highest BCUT2D eigenvalue weighted by molar-refractivity contribution is 6.07. The SMILES string of the molecule is O=C1N[C@]2(CCOc3ccccc32)C(=O)N1Cc1ncc(-c2ccc(F)cc2)o1. The first-order valence-electron chi connectivity index (χ1n) is 9.14. The lowest BCUT2D eigenvalue weighted by molar-refractivity contribution is -0.133. The van der Waals surface area contributed by atoms with Crippen LogP contribution in [-0.2, 0) is 16.9 Å². The number of fused-ring (bicyclic) bond motifs is 2. The Balaban J connectivity index is 1.42. The number of carbonyl (C=O) groups is 2. The molecule has 2 aliphatic rings. The van der Waals surface area contributed by atoms with Gasteiger partial charge in [0.1, 0.15) is 18.1 Å². The molecule has 2 aromatic carbocycles. The molecule has 1 atom stereocenters. The number of imide groups is 1. The highest BCUT2D eigenvalue weighted by Crippen LogP contribution is 2.41. The second-order valence-electron chi connectivity index (χ2n) is 6.95. The maximum Gasteiger partial charge on any atom is 0.325 e. The summed E-state index contributed by atoms with van der Waals surface area (Å²) < 4.78 is 24.4. The molecule has 0 bridgehead atoms. The average Bonchev–Trinajstić information content (AvgIpc) is 3.29. The first-order chi connectivity index (χ1) is 14.1. The Morgan fingerprint density at radius 2 is 1.93 bits per heavy atom. The molecule has 2 aliphatic heterocycles. The lowest BCUT2D eigenvalue weighted by atomic mass is 9.84. The number of oxazole rings is 1. The van der Waals surface area contributed by atoms with Gasteiger partial charge in [0.2, 0.25) is 5.89 Å². The quantitative estimate of drug-likeness (QED) is 0.691. The first kappa shape index (κ1) is 17.4. The van der Waals surface area contributed by atoms with Crippen molar-refractivity contribution in [1.29, 1.82) is 0 Å². The number of amides is 3. The van der Waals surface area contributed by atoms with Crippen LogP contribution >= 0.6 is 0 Å². The summed E-state index contributed by atoms with van der Waals surface area (Å²) in [5, 5.41) is 2.84. The third-order valence-electron chi connectivity index (χ3n) is 5.23. The third-order valence-corrected chi connectivity index (χ3v) is 5.23. The van der Waals surface area contributed by atoms with Gasteiger partial charge >= 0.3 is 6.03 Å². The summed E-state index contributed by atoms with van der Waals surface area (Å²) in [5.74, 6) is 0.516. The smallest absolute Gasteiger partial charge is 0.325 e. The van der Waals surface area contributed by atoms with Crippen LogP contribution in [-0.4, -0.2) is 28.4 Å². The Morgan fingerprint density at radius 1 is 1.14 bits per heavy atom. The van der Waals surface area contributed by atoms with Crippen molar-refractivity contribution in [2.24, 2.45) is 0 Å². The Labute approximate surface area is 165 Å². The molecule has 1 spiro atoms. The van der Waals surface area contributed by atoms with Crippen LogP contribution in [0.4, 0.5) is 9.18 Å². The number of hydrogen-bond donors (Lipinski definition) is 1. The van der Waals surface area contributed by atoms with Crippen LogP contribution in [0, 0.1) is 5.82 Å². The topological polar surface area (TPSA) is 84.7 Å². The fourth-order valence-electron chi connectivity index (χ4n) is 3.78. The number of nitrogens with one attached hydrogen (secondary N) is 1. The zero-order chi connectivity index (χ0) is 20.0. The molecule has 1 saturated heterocycles. The third kappa shape index (κ3) is 2.75. The van der Waals surface area contributed by atoms with Gasteiger partial charge in [-0.1, -0.05) is 18.2 Å². The molecule has 0 saturated carbocycles. The van der Waals surface area contributed by atoms with Gasteiger partial charge in [-0.25, -0.2) is 14.2 Å². The number of hydrogen-bond acceptors (Lipinski definition) is 5. The minimum Gasteiger partial charge on any atom is -0.493 e. The summed E-state index contributed by atoms with van der Waals surface area (Å²) in [5.41, 5.74) is 0.155. The van der Waals surface area contributed by atoms with Gasteiger partial charge in [0.25, 0.3) is 5.91 Å². The molecule has 146 valence electrons. The van der Waals surface area contributed by atoms with Crippen molar-refractivity contribution >= 4 is 11.9 Å². The van der Waals surface area contributed by atoms with Crippen LogP contribution in [0.1, 0.15) is 17.9 Å². The van der Waals surface area contributed by atoms with Crippen molar-refractivity contribution in [2.45, 2.75) is 18.5 Å². The summed E-state index contributed by atoms with van der Waals surface area (Å²) in [4.78, 5) is 31.1. The average molecular weight is 393 g/mol. The zero-order valence-electron chi connectivity index (χ0n) is 15.2. The minimum absolute atomic E-state index is 0.101. The number of nitrogens with zero attached hydrogens (tertiary/aromatic N) is 2. The van der Waals surface area contributed by atoms with E-state index in [9.17, 15) is 14.0 Å². The second-order valence-corrected chi connectivity index (χ2v) is 6.95. The van der Waals surface area contributed by atoms with Crippen molar-refractivity contribution in [2.75, 3.05) is 6.61 Å². The molecule has 0 unspecified atom stereocenters. The van der Waals surface area contributed by atoms with E-state index < -0.39 is 11.6 Å². The van der Waals surface area contributed by atoms with Gasteiger partial charge in [-0.3, -0.25) is 9.69 Å². The lowest BCUT2D eigenvalue weighted by Gasteiger charge is -2.33. The largest absolute Gasteiger partial charge is 0.493 e. The van der Waals surface area contributed by atoms with Crippen LogP contribution in [0.15, 0.2) is 59.1 Å². The van der Waals surface area contributed by atoms with Crippen molar-refractivity contribution in [1.82, 2.24) is 15.2 Å². The molecule has 3 heterocycles. The monoisotopic (exact) mass is 393 g/mol. The fourth-order valence-corrected chi connectivity index (χ4v) is 3.78. The Morgan fingerprint density at radius 3 is 2.76 bits per heavy atom. The first-order valence-corrected chi connectivity index (χ1v) is 9.14. The second kappa shape index (κ2) is 6.44. The number of carbonyl (C=O) groups excluding carboxylic acids is 2. The number of urea groups is 1. The van der Waals surface area contributed by atoms with E-state index in [0.717, 1.165) is 4.90 Å². The highest BCUT2D eigenvalue weighted by Gasteiger charge is 2.55. The molecule has 7 nitrogen and oxygen atoms in total. The van der Waals surface area contributed by atoms with Crippen molar-refractivity contribution in [3.05, 3.63) is 72.0 Å². The molecule has 8 heteroatoms. The fraction of sp³-hybridized carbons (Fsp3) is 0.190. The van der Waals surface area contributed by atoms with E-state index in [-0.39, 0.29) is 24.2 Å². The van der Waals surface area contributed by atoms with Gasteiger partial charge in [-0.15, -0.1) is 0 Å². The maximum absolute atomic E-state index is 13.3. The molecule has 1 fully saturated rings. The Bertz CT molecular complexity index is 1110. The zero-order valence-corrected chi connectivity index (χ0v) is 15.2. The van der Waals surface area contributed by atoms with E-state index in [2.05, 4.69) is 10.3 Å². The van der Waals surface area contributed by atoms with Gasteiger partial charge in [0.05, 0.1) is 12.8 Å². The summed E-state index contributed by atoms with van der Waals surface area (Å²) in [7, 11) is 0. The van der Waals surface area contributed by atoms with E-state index in [4.69, 9.17) is 9.15 Å². The van der Waals surface area contributed by atoms with Crippen LogP contribution in [0.2, 0.25) is 0 Å². The summed E-state index contributed by atoms with van der Waals surface area (Å²) in [6, 6.07) is 12.5. The van der Waals surface area contributed by atoms with Crippen LogP contribution < -0.4 is 10.1 Å². The molecule has 1 N–H and O–H groups in total. The van der Waals surface area contributed by atoms with Gasteiger partial charge in [0.15, 0.2) is 11.3 Å². The standard InChI is InChI=1S/C21H16FN3O4/c22-14-7-5-13(6-8-14)17-11-23-18(29-17)12-25-19(26)21(24-20(25)27)9-10-28-16-4-2-1-3-15(16)21/h1-8,11H,9-10,12H2,(H,24,27)/t21-/m0/s1. The van der Waals surface area contributed by atoms with Crippen LogP contribution in [0.25, 0.3) is 11.3 Å². The summed E-state index contributed by atoms with van der Waals surface area (Å²) in [6.45, 7) is 0.223. The molecule has 0 aliphatic carbocycles. The lowest BCUT2D eigenvalue weighted by Crippen LogP contribution is -2.47. The number of benzene rings is 2. The number of ether oxygens (including phenoxy) is 1. The van der Waals surface area contributed by atoms with E-state index in [1.54, 1.807) is 30.3 Å². The van der Waals surface area contributed by atoms with Gasteiger partial charge in [0, 0.05) is 17.5 Å². The number of aromatic nitrogens is 1. The van der Waals surface area contributed by atoms with Gasteiger partial charge in [-0.05, 0) is 30.3 Å². The summed E-state index contributed by atoms with van der Waals surface area (Å²) in [6.07, 6.45) is 1.83. The maximum atomic E-state index is 13.3. The van der Waals surface area contributed by atoms with E-state index in [0.29, 0.717) is 35.7 Å². The van der Waals surface area contributed by atoms with E-state index >= 15 is 0 Å². The van der Waals surface area contributed by atoms with Gasteiger partial charge < -0.3 is 14.5 Å². The predicted molar refractivity (Wildman–Crippen MR) is 99.2 cm³/mol. The minimum atomic E-state index is -1.14. The molecule has 5 rings (SSSR count). The molecule has 3 aromatic rings. The number of rotatable bonds is 3. The number of halogens is 1. The molecule has 3 amide bonds. The molecule has 1 aromatic heterocycles. The molecule has 29 heavy (non-hydrogen) atoms. The summed E-state index contributed by atoms with van der Waals surface area (Å²) >= 11 is 0. The van der Waals surface area contributed by atoms with Crippen LogP contribution in [0.3, 0.4) is 0 Å². The molecular formula is C21H16FN3O4. The normalized spacial score (nSPS) is 20.5. The predicted octanol–water partition coefficient (Wildman–Crippen LogP) is 3.21. The van der Waals surface area contributed by atoms with Crippen LogP contribution in [0.5, 0.6) is 5.75 Å². The van der Waals surface area contributed by atoms with Crippen molar-refractivity contribution in [3.63, 3.8) is 0 Å². The van der Waals surface area contributed by atoms with Crippen molar-refractivity contribution < 1.29 is 23.1 Å². The van der Waals surface area contributed by atoms with Crippen molar-refractivity contribution in [3.8, 4) is 17.1 Å². The highest BCUT2D eigenvalue weighted by atomic mass is 19.1. The molecule has 0 radical (unpaired) electrons. The Hall–Kier alpha value is -3.68. The molecular weight excluding hydrogens is 377 g/mol.